The number of benzene rings is 1. The fraction of sp³-hybridized carbons (Fsp3) is 0.333. The number of alkyl halides is 4. The van der Waals surface area contributed by atoms with Crippen LogP contribution in [0.25, 0.3) is 0 Å². The fourth-order valence-electron chi connectivity index (χ4n) is 1.58. The van der Waals surface area contributed by atoms with Crippen molar-refractivity contribution in [2.24, 2.45) is 0 Å². The standard InChI is InChI=1S/C12H10BrF3O3S/c1-6(13)11(19)10-7(5-9(17)18)3-2-4-8(10)20-12(14,15)16/h2-4,6H,5H2,1H3,(H,17,18). The first-order valence-electron chi connectivity index (χ1n) is 5.39. The second-order valence-electron chi connectivity index (χ2n) is 3.89. The van der Waals surface area contributed by atoms with Crippen LogP contribution in [0.1, 0.15) is 22.8 Å². The number of hydrogen-bond acceptors (Lipinski definition) is 3. The number of ketones is 1. The van der Waals surface area contributed by atoms with Gasteiger partial charge >= 0.3 is 11.5 Å². The summed E-state index contributed by atoms with van der Waals surface area (Å²) in [5.41, 5.74) is -4.67. The molecule has 0 aliphatic carbocycles. The van der Waals surface area contributed by atoms with Crippen LogP contribution in [-0.4, -0.2) is 27.2 Å². The first-order valence-corrected chi connectivity index (χ1v) is 7.12. The lowest BCUT2D eigenvalue weighted by atomic mass is 9.99. The van der Waals surface area contributed by atoms with Crippen molar-refractivity contribution in [1.82, 2.24) is 0 Å². The Labute approximate surface area is 125 Å². The van der Waals surface area contributed by atoms with E-state index >= 15 is 0 Å². The van der Waals surface area contributed by atoms with Crippen LogP contribution in [-0.2, 0) is 11.2 Å². The molecule has 0 bridgehead atoms. The first kappa shape index (κ1) is 17.0. The van der Waals surface area contributed by atoms with Gasteiger partial charge in [-0.2, -0.15) is 13.2 Å². The Balaban J connectivity index is 3.36. The molecule has 1 atom stereocenters. The molecule has 1 rings (SSSR count). The maximum Gasteiger partial charge on any atom is 0.446 e. The molecule has 0 fully saturated rings. The van der Waals surface area contributed by atoms with E-state index in [9.17, 15) is 22.8 Å². The van der Waals surface area contributed by atoms with Gasteiger partial charge in [-0.3, -0.25) is 9.59 Å². The summed E-state index contributed by atoms with van der Waals surface area (Å²) in [5, 5.41) is 8.78. The Hall–Kier alpha value is -1.02. The van der Waals surface area contributed by atoms with Crippen molar-refractivity contribution in [3.8, 4) is 0 Å². The smallest absolute Gasteiger partial charge is 0.446 e. The van der Waals surface area contributed by atoms with Crippen LogP contribution in [0.4, 0.5) is 13.2 Å². The van der Waals surface area contributed by atoms with E-state index in [1.807, 2.05) is 0 Å². The van der Waals surface area contributed by atoms with Gasteiger partial charge in [0.25, 0.3) is 0 Å². The maximum absolute atomic E-state index is 12.5. The van der Waals surface area contributed by atoms with Gasteiger partial charge in [0.05, 0.1) is 11.2 Å². The highest BCUT2D eigenvalue weighted by Gasteiger charge is 2.32. The quantitative estimate of drug-likeness (QED) is 0.485. The van der Waals surface area contributed by atoms with Crippen molar-refractivity contribution in [3.63, 3.8) is 0 Å². The third-order valence-corrected chi connectivity index (χ3v) is 3.49. The van der Waals surface area contributed by atoms with E-state index < -0.39 is 40.3 Å². The molecular formula is C12H10BrF3O3S. The molecule has 3 nitrogen and oxygen atoms in total. The third-order valence-electron chi connectivity index (χ3n) is 2.29. The zero-order valence-corrected chi connectivity index (χ0v) is 12.6. The van der Waals surface area contributed by atoms with Crippen LogP contribution < -0.4 is 0 Å². The number of thioether (sulfide) groups is 1. The van der Waals surface area contributed by atoms with E-state index in [1.54, 1.807) is 0 Å². The molecule has 1 aromatic carbocycles. The van der Waals surface area contributed by atoms with E-state index in [1.165, 1.54) is 19.1 Å². The van der Waals surface area contributed by atoms with Crippen molar-refractivity contribution in [2.75, 3.05) is 0 Å². The SMILES string of the molecule is CC(Br)C(=O)c1c(CC(=O)O)cccc1SC(F)(F)F. The number of halogens is 4. The zero-order chi connectivity index (χ0) is 15.5. The number of rotatable bonds is 5. The van der Waals surface area contributed by atoms with Gasteiger partial charge in [-0.15, -0.1) is 0 Å². The summed E-state index contributed by atoms with van der Waals surface area (Å²) in [6.45, 7) is 1.47. The summed E-state index contributed by atoms with van der Waals surface area (Å²) >= 11 is 2.58. The molecule has 0 aliphatic rings. The summed E-state index contributed by atoms with van der Waals surface area (Å²) in [5.74, 6) is -1.79. The summed E-state index contributed by atoms with van der Waals surface area (Å²) < 4.78 is 37.5. The molecule has 0 aromatic heterocycles. The molecule has 0 saturated carbocycles. The topological polar surface area (TPSA) is 54.4 Å². The lowest BCUT2D eigenvalue weighted by Gasteiger charge is -2.15. The van der Waals surface area contributed by atoms with E-state index in [4.69, 9.17) is 5.11 Å². The lowest BCUT2D eigenvalue weighted by molar-refractivity contribution is -0.136. The fourth-order valence-corrected chi connectivity index (χ4v) is 2.53. The minimum absolute atomic E-state index is 0.0723. The second-order valence-corrected chi connectivity index (χ2v) is 6.37. The molecule has 110 valence electrons. The zero-order valence-electron chi connectivity index (χ0n) is 10.2. The van der Waals surface area contributed by atoms with E-state index in [0.29, 0.717) is 0 Å². The van der Waals surface area contributed by atoms with Crippen molar-refractivity contribution >= 4 is 39.4 Å². The molecule has 0 heterocycles. The van der Waals surface area contributed by atoms with Gasteiger partial charge < -0.3 is 5.11 Å². The van der Waals surface area contributed by atoms with E-state index in [-0.39, 0.29) is 16.0 Å². The number of carbonyl (C=O) groups is 2. The van der Waals surface area contributed by atoms with Crippen molar-refractivity contribution in [1.29, 1.82) is 0 Å². The van der Waals surface area contributed by atoms with Crippen LogP contribution >= 0.6 is 27.7 Å². The van der Waals surface area contributed by atoms with Crippen molar-refractivity contribution in [3.05, 3.63) is 29.3 Å². The normalized spacial score (nSPS) is 13.1. The Morgan fingerprint density at radius 2 is 2.00 bits per heavy atom. The lowest BCUT2D eigenvalue weighted by Crippen LogP contribution is -2.17. The largest absolute Gasteiger partial charge is 0.481 e. The molecule has 1 aromatic rings. The average Bonchev–Trinajstić information content (AvgIpc) is 2.25. The molecule has 0 spiro atoms. The highest BCUT2D eigenvalue weighted by molar-refractivity contribution is 9.10. The van der Waals surface area contributed by atoms with Gasteiger partial charge in [0, 0.05) is 10.5 Å². The maximum atomic E-state index is 12.5. The monoisotopic (exact) mass is 370 g/mol. The Morgan fingerprint density at radius 1 is 1.40 bits per heavy atom. The van der Waals surface area contributed by atoms with Gasteiger partial charge in [0.2, 0.25) is 0 Å². The Kier molecular flexibility index (Phi) is 5.64. The van der Waals surface area contributed by atoms with Crippen molar-refractivity contribution < 1.29 is 27.9 Å². The predicted molar refractivity (Wildman–Crippen MR) is 72.4 cm³/mol. The number of carbonyl (C=O) groups excluding carboxylic acids is 1. The summed E-state index contributed by atoms with van der Waals surface area (Å²) in [4.78, 5) is 21.8. The van der Waals surface area contributed by atoms with Crippen LogP contribution in [0.3, 0.4) is 0 Å². The number of carboxylic acid groups (broad SMARTS) is 1. The predicted octanol–water partition coefficient (Wildman–Crippen LogP) is 3.89. The van der Waals surface area contributed by atoms with Gasteiger partial charge in [0.15, 0.2) is 5.78 Å². The summed E-state index contributed by atoms with van der Waals surface area (Å²) in [6, 6.07) is 3.81. The van der Waals surface area contributed by atoms with Gasteiger partial charge in [-0.1, -0.05) is 28.1 Å². The third kappa shape index (κ3) is 4.82. The number of Topliss-reactive ketones (excluding diaryl/α,β-unsaturated/α-hetero) is 1. The summed E-state index contributed by atoms with van der Waals surface area (Å²) in [7, 11) is 0. The first-order chi connectivity index (χ1) is 9.11. The minimum atomic E-state index is -4.55. The van der Waals surface area contributed by atoms with Crippen LogP contribution in [0.5, 0.6) is 0 Å². The van der Waals surface area contributed by atoms with Gasteiger partial charge in [0.1, 0.15) is 0 Å². The highest BCUT2D eigenvalue weighted by atomic mass is 79.9. The molecule has 0 saturated heterocycles. The van der Waals surface area contributed by atoms with Crippen LogP contribution in [0, 0.1) is 0 Å². The Morgan fingerprint density at radius 3 is 2.45 bits per heavy atom. The van der Waals surface area contributed by atoms with Crippen molar-refractivity contribution in [2.45, 2.75) is 28.6 Å². The molecule has 0 radical (unpaired) electrons. The van der Waals surface area contributed by atoms with Gasteiger partial charge in [-0.25, -0.2) is 0 Å². The minimum Gasteiger partial charge on any atom is -0.481 e. The molecule has 20 heavy (non-hydrogen) atoms. The second kappa shape index (κ2) is 6.62. The molecule has 0 amide bonds. The Bertz CT molecular complexity index is 529. The molecule has 8 heteroatoms. The molecule has 1 unspecified atom stereocenters. The van der Waals surface area contributed by atoms with E-state index in [0.717, 1.165) is 6.07 Å². The van der Waals surface area contributed by atoms with Crippen LogP contribution in [0.15, 0.2) is 23.1 Å². The number of aliphatic carboxylic acids is 1. The summed E-state index contributed by atoms with van der Waals surface area (Å²) in [6.07, 6.45) is -0.507. The number of hydrogen-bond donors (Lipinski definition) is 1. The molecule has 0 aliphatic heterocycles. The van der Waals surface area contributed by atoms with Crippen LogP contribution in [0.2, 0.25) is 0 Å². The average molecular weight is 371 g/mol. The van der Waals surface area contributed by atoms with Gasteiger partial charge in [-0.05, 0) is 30.3 Å². The van der Waals surface area contributed by atoms with E-state index in [2.05, 4.69) is 15.9 Å². The highest BCUT2D eigenvalue weighted by Crippen LogP contribution is 2.40. The molecular weight excluding hydrogens is 361 g/mol. The number of carboxylic acids is 1. The molecule has 1 N–H and O–H groups in total.